The molecule has 15 nitrogen and oxygen atoms in total. The van der Waals surface area contributed by atoms with Gasteiger partial charge in [-0.3, -0.25) is 19.4 Å². The van der Waals surface area contributed by atoms with E-state index in [0.29, 0.717) is 5.69 Å². The Balaban J connectivity index is 2.87. The Bertz CT molecular complexity index is 870. The Kier molecular flexibility index (Phi) is 12.2. The van der Waals surface area contributed by atoms with E-state index in [1.165, 1.54) is 12.5 Å². The van der Waals surface area contributed by atoms with E-state index in [0.717, 1.165) is 0 Å². The first-order chi connectivity index (χ1) is 16.5. The van der Waals surface area contributed by atoms with Gasteiger partial charge in [0.2, 0.25) is 17.7 Å². The van der Waals surface area contributed by atoms with Crippen molar-refractivity contribution in [2.75, 3.05) is 13.2 Å². The van der Waals surface area contributed by atoms with Crippen molar-refractivity contribution >= 4 is 29.7 Å². The fourth-order valence-corrected chi connectivity index (χ4v) is 3.01. The summed E-state index contributed by atoms with van der Waals surface area (Å²) in [4.78, 5) is 59.8. The fraction of sp³-hybridized carbons (Fsp3) is 0.600. The summed E-state index contributed by atoms with van der Waals surface area (Å²) < 4.78 is 0. The number of imidazole rings is 1. The number of aromatic amines is 1. The number of hydrogen-bond acceptors (Lipinski definition) is 8. The van der Waals surface area contributed by atoms with E-state index in [2.05, 4.69) is 30.9 Å². The van der Waals surface area contributed by atoms with Gasteiger partial charge >= 0.3 is 5.97 Å². The second-order valence-corrected chi connectivity index (χ2v) is 8.21. The van der Waals surface area contributed by atoms with Crippen LogP contribution in [0.15, 0.2) is 17.5 Å². The number of hydrogen-bond donors (Lipinski definition) is 9. The van der Waals surface area contributed by atoms with Crippen LogP contribution < -0.4 is 33.2 Å². The van der Waals surface area contributed by atoms with Crippen molar-refractivity contribution in [3.05, 3.63) is 18.2 Å². The van der Waals surface area contributed by atoms with Crippen LogP contribution in [0.3, 0.4) is 0 Å². The van der Waals surface area contributed by atoms with Gasteiger partial charge in [-0.1, -0.05) is 13.8 Å². The molecule has 15 heteroatoms. The Morgan fingerprint density at radius 3 is 2.23 bits per heavy atom. The molecule has 12 N–H and O–H groups in total. The molecule has 0 aliphatic rings. The molecule has 0 radical (unpaired) electrons. The highest BCUT2D eigenvalue weighted by molar-refractivity contribution is 5.94. The molecule has 0 saturated carbocycles. The Morgan fingerprint density at radius 1 is 1.09 bits per heavy atom. The minimum Gasteiger partial charge on any atom is -0.480 e. The highest BCUT2D eigenvalue weighted by Gasteiger charge is 2.31. The van der Waals surface area contributed by atoms with Crippen LogP contribution in [0.4, 0.5) is 0 Å². The number of carboxylic acid groups (broad SMARTS) is 1. The zero-order valence-corrected chi connectivity index (χ0v) is 19.7. The monoisotopic (exact) mass is 497 g/mol. The molecular weight excluding hydrogens is 462 g/mol. The molecule has 0 bridgehead atoms. The summed E-state index contributed by atoms with van der Waals surface area (Å²) in [6.07, 6.45) is 3.38. The largest absolute Gasteiger partial charge is 0.480 e. The van der Waals surface area contributed by atoms with Gasteiger partial charge in [-0.25, -0.2) is 9.78 Å². The number of aliphatic hydroxyl groups excluding tert-OH is 1. The molecule has 196 valence electrons. The molecule has 4 unspecified atom stereocenters. The number of aliphatic imine (C=N–C) groups is 1. The van der Waals surface area contributed by atoms with Crippen molar-refractivity contribution in [1.82, 2.24) is 25.9 Å². The molecule has 4 atom stereocenters. The first kappa shape index (κ1) is 29.3. The molecule has 1 rings (SSSR count). The summed E-state index contributed by atoms with van der Waals surface area (Å²) in [5.74, 6) is -4.10. The highest BCUT2D eigenvalue weighted by Crippen LogP contribution is 2.06. The van der Waals surface area contributed by atoms with E-state index >= 15 is 0 Å². The lowest BCUT2D eigenvalue weighted by atomic mass is 10.0. The molecule has 1 aromatic heterocycles. The van der Waals surface area contributed by atoms with Crippen molar-refractivity contribution in [1.29, 1.82) is 0 Å². The minimum absolute atomic E-state index is 0.0597. The lowest BCUT2D eigenvalue weighted by molar-refractivity contribution is -0.143. The van der Waals surface area contributed by atoms with E-state index in [1.54, 1.807) is 13.8 Å². The molecular formula is C20H35N9O6. The second-order valence-electron chi connectivity index (χ2n) is 8.21. The molecule has 0 aliphatic carbocycles. The number of carboxylic acids is 1. The number of rotatable bonds is 15. The Labute approximate surface area is 202 Å². The van der Waals surface area contributed by atoms with Gasteiger partial charge in [-0.2, -0.15) is 0 Å². The summed E-state index contributed by atoms with van der Waals surface area (Å²) in [6.45, 7) is 2.64. The third-order valence-corrected chi connectivity index (χ3v) is 4.96. The van der Waals surface area contributed by atoms with Crippen LogP contribution in [0.2, 0.25) is 0 Å². The number of nitrogens with zero attached hydrogens (tertiary/aromatic N) is 2. The minimum atomic E-state index is -1.40. The van der Waals surface area contributed by atoms with Crippen LogP contribution in [0.25, 0.3) is 0 Å². The zero-order valence-electron chi connectivity index (χ0n) is 19.7. The zero-order chi connectivity index (χ0) is 26.5. The summed E-state index contributed by atoms with van der Waals surface area (Å²) >= 11 is 0. The SMILES string of the molecule is CC(C)C(NC(=O)C(CCCN=C(N)N)NC(=O)C(CO)NC(=O)C(N)Cc1cnc[nH]1)C(=O)O. The summed E-state index contributed by atoms with van der Waals surface area (Å²) in [7, 11) is 0. The van der Waals surface area contributed by atoms with E-state index in [9.17, 15) is 29.4 Å². The van der Waals surface area contributed by atoms with Crippen molar-refractivity contribution in [3.8, 4) is 0 Å². The number of aliphatic carboxylic acids is 1. The third-order valence-electron chi connectivity index (χ3n) is 4.96. The number of amides is 3. The van der Waals surface area contributed by atoms with E-state index in [1.807, 2.05) is 0 Å². The van der Waals surface area contributed by atoms with Crippen molar-refractivity contribution in [2.24, 2.45) is 28.1 Å². The van der Waals surface area contributed by atoms with E-state index < -0.39 is 60.4 Å². The van der Waals surface area contributed by atoms with Gasteiger partial charge in [0.1, 0.15) is 18.1 Å². The lowest BCUT2D eigenvalue weighted by Gasteiger charge is -2.25. The standard InChI is InChI=1S/C20H35N9O6/c1-10(2)15(19(34)35)29-17(32)13(4-3-5-25-20(22)23)27-18(33)14(8-30)28-16(31)12(21)6-11-7-24-9-26-11/h7,9-10,12-15,30H,3-6,8,21H2,1-2H3,(H,24,26)(H,27,33)(H,28,31)(H,29,32)(H,34,35)(H4,22,23,25). The molecule has 0 aromatic carbocycles. The smallest absolute Gasteiger partial charge is 0.326 e. The summed E-state index contributed by atoms with van der Waals surface area (Å²) in [5, 5.41) is 26.2. The summed E-state index contributed by atoms with van der Waals surface area (Å²) in [5.41, 5.74) is 17.0. The molecule has 3 amide bonds. The average Bonchev–Trinajstić information content (AvgIpc) is 3.29. The number of guanidine groups is 1. The maximum Gasteiger partial charge on any atom is 0.326 e. The number of aromatic nitrogens is 2. The maximum atomic E-state index is 12.8. The first-order valence-corrected chi connectivity index (χ1v) is 11.0. The number of nitrogens with one attached hydrogen (secondary N) is 4. The first-order valence-electron chi connectivity index (χ1n) is 11.0. The van der Waals surface area contributed by atoms with Crippen LogP contribution in [0, 0.1) is 5.92 Å². The van der Waals surface area contributed by atoms with E-state index in [-0.39, 0.29) is 31.8 Å². The molecule has 0 fully saturated rings. The van der Waals surface area contributed by atoms with Crippen molar-refractivity contribution < 1.29 is 29.4 Å². The number of nitrogens with two attached hydrogens (primary N) is 3. The van der Waals surface area contributed by atoms with Crippen LogP contribution in [-0.2, 0) is 25.6 Å². The van der Waals surface area contributed by atoms with Crippen LogP contribution >= 0.6 is 0 Å². The number of carbonyl (C=O) groups excluding carboxylic acids is 3. The van der Waals surface area contributed by atoms with Crippen molar-refractivity contribution in [3.63, 3.8) is 0 Å². The van der Waals surface area contributed by atoms with Crippen molar-refractivity contribution in [2.45, 2.75) is 57.3 Å². The molecule has 0 spiro atoms. The third kappa shape index (κ3) is 10.4. The maximum absolute atomic E-state index is 12.8. The van der Waals surface area contributed by atoms with Crippen LogP contribution in [-0.4, -0.2) is 87.2 Å². The highest BCUT2D eigenvalue weighted by atomic mass is 16.4. The molecule has 0 aliphatic heterocycles. The second kappa shape index (κ2) is 14.5. The molecule has 35 heavy (non-hydrogen) atoms. The average molecular weight is 498 g/mol. The Hall–Kier alpha value is -3.72. The number of aliphatic hydroxyl groups is 1. The van der Waals surface area contributed by atoms with Gasteiger partial charge in [0.05, 0.1) is 19.0 Å². The predicted octanol–water partition coefficient (Wildman–Crippen LogP) is -3.48. The van der Waals surface area contributed by atoms with Gasteiger partial charge in [-0.05, 0) is 18.8 Å². The lowest BCUT2D eigenvalue weighted by Crippen LogP contribution is -2.58. The molecule has 1 aromatic rings. The van der Waals surface area contributed by atoms with E-state index in [4.69, 9.17) is 17.2 Å². The van der Waals surface area contributed by atoms with Gasteiger partial charge in [0.15, 0.2) is 5.96 Å². The van der Waals surface area contributed by atoms with Gasteiger partial charge in [-0.15, -0.1) is 0 Å². The van der Waals surface area contributed by atoms with Gasteiger partial charge < -0.3 is 48.3 Å². The van der Waals surface area contributed by atoms with Gasteiger partial charge in [0, 0.05) is 24.9 Å². The molecule has 1 heterocycles. The van der Waals surface area contributed by atoms with Crippen LogP contribution in [0.1, 0.15) is 32.4 Å². The number of H-pyrrole nitrogens is 1. The normalized spacial score (nSPS) is 14.3. The molecule has 0 saturated heterocycles. The topological polar surface area (TPSA) is 264 Å². The summed E-state index contributed by atoms with van der Waals surface area (Å²) in [6, 6.07) is -4.79. The van der Waals surface area contributed by atoms with Gasteiger partial charge in [0.25, 0.3) is 0 Å². The van der Waals surface area contributed by atoms with Crippen LogP contribution in [0.5, 0.6) is 0 Å². The fourth-order valence-electron chi connectivity index (χ4n) is 3.01. The Morgan fingerprint density at radius 2 is 1.71 bits per heavy atom. The number of carbonyl (C=O) groups is 4. The quantitative estimate of drug-likeness (QED) is 0.0656. The predicted molar refractivity (Wildman–Crippen MR) is 126 cm³/mol.